The fourth-order valence-electron chi connectivity index (χ4n) is 4.54. The van der Waals surface area contributed by atoms with Gasteiger partial charge in [0.1, 0.15) is 0 Å². The van der Waals surface area contributed by atoms with Crippen LogP contribution in [0.3, 0.4) is 0 Å². The SMILES string of the molecule is CS(=O)(=O)N[C@@H]1CCCN(C(=O)[C@@H]2C[C@H]2c2cccc(Cl)c2-c2ccccc2)CC1. The molecule has 0 spiro atoms. The van der Waals surface area contributed by atoms with Gasteiger partial charge in [0.15, 0.2) is 0 Å². The van der Waals surface area contributed by atoms with E-state index in [0.717, 1.165) is 36.0 Å². The van der Waals surface area contributed by atoms with Gasteiger partial charge in [0.2, 0.25) is 15.9 Å². The molecule has 0 radical (unpaired) electrons. The van der Waals surface area contributed by atoms with E-state index in [0.29, 0.717) is 24.5 Å². The first-order valence-corrected chi connectivity index (χ1v) is 12.7. The van der Waals surface area contributed by atoms with E-state index < -0.39 is 10.0 Å². The molecule has 0 unspecified atom stereocenters. The van der Waals surface area contributed by atoms with Gasteiger partial charge in [0.05, 0.1) is 6.26 Å². The zero-order valence-electron chi connectivity index (χ0n) is 17.1. The molecule has 4 rings (SSSR count). The van der Waals surface area contributed by atoms with E-state index in [1.54, 1.807) is 0 Å². The number of amides is 1. The number of carbonyl (C=O) groups excluding carboxylic acids is 1. The van der Waals surface area contributed by atoms with Gasteiger partial charge in [-0.2, -0.15) is 0 Å². The molecule has 2 aliphatic rings. The number of hydrogen-bond donors (Lipinski definition) is 1. The first-order chi connectivity index (χ1) is 14.3. The van der Waals surface area contributed by atoms with E-state index in [1.165, 1.54) is 6.26 Å². The number of carbonyl (C=O) groups is 1. The number of likely N-dealkylation sites (tertiary alicyclic amines) is 1. The first kappa shape index (κ1) is 21.3. The van der Waals surface area contributed by atoms with E-state index in [9.17, 15) is 13.2 Å². The van der Waals surface area contributed by atoms with E-state index in [-0.39, 0.29) is 23.8 Å². The second kappa shape index (κ2) is 8.69. The van der Waals surface area contributed by atoms with Gasteiger partial charge in [0, 0.05) is 35.6 Å². The summed E-state index contributed by atoms with van der Waals surface area (Å²) in [5, 5.41) is 0.710. The molecule has 160 valence electrons. The summed E-state index contributed by atoms with van der Waals surface area (Å²) in [6, 6.07) is 15.9. The lowest BCUT2D eigenvalue weighted by molar-refractivity contribution is -0.132. The Hall–Kier alpha value is -1.89. The molecule has 1 aliphatic carbocycles. The first-order valence-electron chi connectivity index (χ1n) is 10.4. The van der Waals surface area contributed by atoms with Crippen LogP contribution in [0, 0.1) is 5.92 Å². The van der Waals surface area contributed by atoms with Crippen molar-refractivity contribution in [3.05, 3.63) is 59.1 Å². The Morgan fingerprint density at radius 2 is 1.83 bits per heavy atom. The quantitative estimate of drug-likeness (QED) is 0.753. The van der Waals surface area contributed by atoms with E-state index in [1.807, 2.05) is 47.4 Å². The Bertz CT molecular complexity index is 1030. The average molecular weight is 447 g/mol. The van der Waals surface area contributed by atoms with Crippen molar-refractivity contribution in [2.45, 2.75) is 37.6 Å². The molecule has 0 bridgehead atoms. The maximum absolute atomic E-state index is 13.2. The summed E-state index contributed by atoms with van der Waals surface area (Å²) in [6.45, 7) is 1.28. The molecular formula is C23H27ClN2O3S. The normalized spacial score (nSPS) is 24.3. The van der Waals surface area contributed by atoms with Crippen LogP contribution in [0.5, 0.6) is 0 Å². The fraction of sp³-hybridized carbons (Fsp3) is 0.435. The summed E-state index contributed by atoms with van der Waals surface area (Å²) < 4.78 is 25.7. The minimum atomic E-state index is -3.23. The average Bonchev–Trinajstić information content (AvgIpc) is 3.51. The summed E-state index contributed by atoms with van der Waals surface area (Å²) >= 11 is 6.55. The third kappa shape index (κ3) is 4.88. The monoisotopic (exact) mass is 446 g/mol. The van der Waals surface area contributed by atoms with E-state index in [2.05, 4.69) is 10.8 Å². The van der Waals surface area contributed by atoms with Crippen LogP contribution in [0.4, 0.5) is 0 Å². The third-order valence-electron chi connectivity index (χ3n) is 6.04. The van der Waals surface area contributed by atoms with Gasteiger partial charge in [-0.05, 0) is 48.8 Å². The smallest absolute Gasteiger partial charge is 0.226 e. The predicted octanol–water partition coefficient (Wildman–Crippen LogP) is 4.04. The molecule has 2 aromatic carbocycles. The molecule has 5 nitrogen and oxygen atoms in total. The van der Waals surface area contributed by atoms with Gasteiger partial charge in [-0.1, -0.05) is 54.1 Å². The van der Waals surface area contributed by atoms with Crippen LogP contribution in [-0.2, 0) is 14.8 Å². The number of rotatable bonds is 5. The largest absolute Gasteiger partial charge is 0.342 e. The van der Waals surface area contributed by atoms with Crippen molar-refractivity contribution in [2.24, 2.45) is 5.92 Å². The lowest BCUT2D eigenvalue weighted by Gasteiger charge is -2.21. The Labute approximate surface area is 183 Å². The fourth-order valence-corrected chi connectivity index (χ4v) is 5.67. The Balaban J connectivity index is 1.46. The van der Waals surface area contributed by atoms with Gasteiger partial charge in [-0.3, -0.25) is 4.79 Å². The minimum absolute atomic E-state index is 0.0228. The predicted molar refractivity (Wildman–Crippen MR) is 120 cm³/mol. The number of sulfonamides is 1. The number of nitrogens with one attached hydrogen (secondary N) is 1. The zero-order valence-corrected chi connectivity index (χ0v) is 18.6. The molecule has 2 fully saturated rings. The van der Waals surface area contributed by atoms with Crippen molar-refractivity contribution < 1.29 is 13.2 Å². The summed E-state index contributed by atoms with van der Waals surface area (Å²) in [4.78, 5) is 15.1. The molecule has 1 N–H and O–H groups in total. The molecule has 7 heteroatoms. The molecule has 3 atom stereocenters. The van der Waals surface area contributed by atoms with Gasteiger partial charge >= 0.3 is 0 Å². The lowest BCUT2D eigenvalue weighted by Crippen LogP contribution is -2.36. The third-order valence-corrected chi connectivity index (χ3v) is 7.11. The highest BCUT2D eigenvalue weighted by Gasteiger charge is 2.47. The van der Waals surface area contributed by atoms with Crippen molar-refractivity contribution in [3.63, 3.8) is 0 Å². The number of hydrogen-bond acceptors (Lipinski definition) is 3. The summed E-state index contributed by atoms with van der Waals surface area (Å²) in [7, 11) is -3.23. The topological polar surface area (TPSA) is 66.5 Å². The molecule has 1 saturated heterocycles. The van der Waals surface area contributed by atoms with Crippen molar-refractivity contribution in [1.82, 2.24) is 9.62 Å². The molecular weight excluding hydrogens is 420 g/mol. The van der Waals surface area contributed by atoms with Crippen molar-refractivity contribution in [2.75, 3.05) is 19.3 Å². The number of halogens is 1. The molecule has 0 aromatic heterocycles. The molecule has 1 aliphatic heterocycles. The molecule has 1 amide bonds. The van der Waals surface area contributed by atoms with Crippen molar-refractivity contribution >= 4 is 27.5 Å². The van der Waals surface area contributed by atoms with E-state index in [4.69, 9.17) is 11.6 Å². The van der Waals surface area contributed by atoms with Gasteiger partial charge < -0.3 is 4.90 Å². The van der Waals surface area contributed by atoms with Crippen LogP contribution in [0.1, 0.15) is 37.2 Å². The van der Waals surface area contributed by atoms with Crippen LogP contribution in [0.25, 0.3) is 11.1 Å². The second-order valence-corrected chi connectivity index (χ2v) is 10.5. The summed E-state index contributed by atoms with van der Waals surface area (Å²) in [5.74, 6) is 0.337. The second-order valence-electron chi connectivity index (χ2n) is 8.36. The zero-order chi connectivity index (χ0) is 21.3. The highest BCUT2D eigenvalue weighted by Crippen LogP contribution is 2.52. The maximum atomic E-state index is 13.2. The summed E-state index contributed by atoms with van der Waals surface area (Å²) in [6.07, 6.45) is 4.24. The minimum Gasteiger partial charge on any atom is -0.342 e. The molecule has 1 heterocycles. The molecule has 1 saturated carbocycles. The highest BCUT2D eigenvalue weighted by atomic mass is 35.5. The number of nitrogens with zero attached hydrogens (tertiary/aromatic N) is 1. The van der Waals surface area contributed by atoms with Gasteiger partial charge in [0.25, 0.3) is 0 Å². The van der Waals surface area contributed by atoms with Crippen LogP contribution < -0.4 is 4.72 Å². The Morgan fingerprint density at radius 1 is 1.07 bits per heavy atom. The van der Waals surface area contributed by atoms with Crippen LogP contribution in [-0.4, -0.2) is 44.6 Å². The van der Waals surface area contributed by atoms with Crippen LogP contribution in [0.15, 0.2) is 48.5 Å². The maximum Gasteiger partial charge on any atom is 0.226 e. The van der Waals surface area contributed by atoms with E-state index >= 15 is 0 Å². The highest BCUT2D eigenvalue weighted by molar-refractivity contribution is 7.88. The van der Waals surface area contributed by atoms with Crippen molar-refractivity contribution in [1.29, 1.82) is 0 Å². The van der Waals surface area contributed by atoms with Crippen LogP contribution in [0.2, 0.25) is 5.02 Å². The van der Waals surface area contributed by atoms with Gasteiger partial charge in [-0.25, -0.2) is 13.1 Å². The lowest BCUT2D eigenvalue weighted by atomic mass is 9.95. The standard InChI is InChI=1S/C23H27ClN2O3S/c1-30(28,29)25-17-9-6-13-26(14-12-17)23(27)20-15-19(20)18-10-5-11-21(24)22(18)16-7-3-2-4-8-16/h2-5,7-8,10-11,17,19-20,25H,6,9,12-15H2,1H3/t17-,19+,20-/m1/s1. The number of benzene rings is 2. The molecule has 30 heavy (non-hydrogen) atoms. The summed E-state index contributed by atoms with van der Waals surface area (Å²) in [5.41, 5.74) is 3.23. The Kier molecular flexibility index (Phi) is 6.19. The molecule has 2 aromatic rings. The van der Waals surface area contributed by atoms with Gasteiger partial charge in [-0.15, -0.1) is 0 Å². The van der Waals surface area contributed by atoms with Crippen molar-refractivity contribution in [3.8, 4) is 11.1 Å². The Morgan fingerprint density at radius 3 is 2.57 bits per heavy atom. The van der Waals surface area contributed by atoms with Crippen LogP contribution >= 0.6 is 11.6 Å².